The molecule has 11 heterocycles. The van der Waals surface area contributed by atoms with E-state index in [1.165, 1.54) is 126 Å². The first-order chi connectivity index (χ1) is 56.6. The smallest absolute Gasteiger partial charge is 0.423 e. The Morgan fingerprint density at radius 2 is 0.780 bits per heavy atom. The zero-order chi connectivity index (χ0) is 83.7. The standard InChI is InChI=1S/C23H16FN3O2S2.C19H13ClFN3O2S.C16H10FN3S.C13H9BrClN3O2S.C6H6BFO2.C4H5BO2S/c1-15-6-8-17(9-7-15)31(28,29)27-23-21(18(10-12-25-23)16-11-13-30-14-16)22(26-27)19-4-2-3-5-20(19)24;1-12-6-8-13(9-7-12)27(25,26)24-19-17(15(20)10-11-22-19)18(23-24)14-4-2-3-5-16(14)21;17-13-4-2-1-3-12(13)15-14-11(10-6-8-21-9-10)5-7-18-16(14)20-19-15;1-8-2-4-9(5-3-8)21(19,20)18-13-11(12(14)17-18)10(15)6-7-16-13;8-6-4-2-1-3-5(6)7(9)10;6-5(7)4-1-2-8-3-4/h2-14H,1H3;2-11H,1H3;1-9H,(H,18,19,20);2-7H,1H3;1-4,9-10H;1-3,6-7H. The highest BCUT2D eigenvalue weighted by molar-refractivity contribution is 9.10. The summed E-state index contributed by atoms with van der Waals surface area (Å²) in [6.45, 7) is 5.62. The number of aromatic nitrogens is 12. The lowest BCUT2D eigenvalue weighted by Crippen LogP contribution is -2.32. The second kappa shape index (κ2) is 36.7. The van der Waals surface area contributed by atoms with Crippen LogP contribution >= 0.6 is 73.1 Å². The van der Waals surface area contributed by atoms with E-state index >= 15 is 0 Å². The Morgan fingerprint density at radius 1 is 0.398 bits per heavy atom. The number of nitrogens with one attached hydrogen (secondary N) is 1. The van der Waals surface area contributed by atoms with E-state index < -0.39 is 61.8 Å². The van der Waals surface area contributed by atoms with Crippen molar-refractivity contribution in [3.63, 3.8) is 0 Å². The fraction of sp³-hybridized carbons (Fsp3) is 0.0370. The van der Waals surface area contributed by atoms with Crippen LogP contribution in [0.2, 0.25) is 10.0 Å². The molecule has 0 saturated carbocycles. The maximum Gasteiger partial charge on any atom is 0.491 e. The first kappa shape index (κ1) is 84.6. The zero-order valence-corrected chi connectivity index (χ0v) is 69.4. The molecule has 18 aromatic rings. The number of fused-ring (bicyclic) bond motifs is 4. The van der Waals surface area contributed by atoms with Crippen molar-refractivity contribution in [3.8, 4) is 56.0 Å². The molecule has 5 N–H and O–H groups in total. The van der Waals surface area contributed by atoms with Crippen molar-refractivity contribution < 1.29 is 62.9 Å². The summed E-state index contributed by atoms with van der Waals surface area (Å²) in [5, 5.41) is 67.9. The Morgan fingerprint density at radius 3 is 1.19 bits per heavy atom. The van der Waals surface area contributed by atoms with Crippen LogP contribution < -0.4 is 10.9 Å². The topological polar surface area (TPSA) is 317 Å². The monoisotopic (exact) mass is 1800 g/mol. The number of aromatic amines is 1. The van der Waals surface area contributed by atoms with Crippen molar-refractivity contribution in [1.29, 1.82) is 0 Å². The molecule has 7 aromatic carbocycles. The van der Waals surface area contributed by atoms with E-state index in [1.807, 2.05) is 61.2 Å². The highest BCUT2D eigenvalue weighted by Crippen LogP contribution is 2.41. The Kier molecular flexibility index (Phi) is 26.3. The third-order valence-electron chi connectivity index (χ3n) is 17.7. The van der Waals surface area contributed by atoms with E-state index in [2.05, 4.69) is 66.7 Å². The molecule has 0 aliphatic heterocycles. The molecule has 0 bridgehead atoms. The van der Waals surface area contributed by atoms with Gasteiger partial charge in [-0.1, -0.05) is 137 Å². The largest absolute Gasteiger partial charge is 0.491 e. The van der Waals surface area contributed by atoms with Crippen LogP contribution in [-0.4, -0.2) is 117 Å². The summed E-state index contributed by atoms with van der Waals surface area (Å²) in [6.07, 6.45) is 6.10. The summed E-state index contributed by atoms with van der Waals surface area (Å²) in [7, 11) is -14.9. The van der Waals surface area contributed by atoms with Crippen LogP contribution in [0.15, 0.2) is 289 Å². The van der Waals surface area contributed by atoms with Gasteiger partial charge in [-0.05, 0) is 212 Å². The number of thiophene rings is 3. The molecule has 0 unspecified atom stereocenters. The molecule has 0 fully saturated rings. The van der Waals surface area contributed by atoms with E-state index in [9.17, 15) is 42.8 Å². The van der Waals surface area contributed by atoms with Crippen LogP contribution in [0.25, 0.3) is 100 Å². The Balaban J connectivity index is 0.000000128. The molecule has 0 amide bonds. The molecule has 0 aliphatic rings. The lowest BCUT2D eigenvalue weighted by atomic mass is 9.80. The molecule has 11 aromatic heterocycles. The molecule has 22 nitrogen and oxygen atoms in total. The molecular formula is C81H59B2BrCl2F4N12O10S6. The van der Waals surface area contributed by atoms with E-state index in [-0.39, 0.29) is 75.8 Å². The third-order valence-corrected chi connectivity index (χ3v) is 25.6. The second-order valence-corrected chi connectivity index (χ2v) is 34.7. The van der Waals surface area contributed by atoms with Gasteiger partial charge in [-0.25, -0.2) is 37.5 Å². The van der Waals surface area contributed by atoms with E-state index in [0.717, 1.165) is 56.6 Å². The van der Waals surface area contributed by atoms with Crippen molar-refractivity contribution in [2.45, 2.75) is 35.5 Å². The van der Waals surface area contributed by atoms with Gasteiger partial charge in [0.15, 0.2) is 22.6 Å². The predicted molar refractivity (Wildman–Crippen MR) is 459 cm³/mol. The number of hydrogen-bond acceptors (Lipinski definition) is 21. The number of benzene rings is 7. The van der Waals surface area contributed by atoms with Crippen molar-refractivity contribution >= 4 is 173 Å². The minimum atomic E-state index is -4.04. The summed E-state index contributed by atoms with van der Waals surface area (Å²) < 4.78 is 137. The zero-order valence-electron chi connectivity index (χ0n) is 61.4. The lowest BCUT2D eigenvalue weighted by molar-refractivity contribution is 0.422. The summed E-state index contributed by atoms with van der Waals surface area (Å²) >= 11 is 20.2. The van der Waals surface area contributed by atoms with Gasteiger partial charge < -0.3 is 20.1 Å². The number of H-pyrrole nitrogens is 1. The first-order valence-corrected chi connectivity index (χ1v) is 43.5. The number of pyridine rings is 4. The van der Waals surface area contributed by atoms with Gasteiger partial charge in [-0.3, -0.25) is 5.10 Å². The Labute approximate surface area is 702 Å². The number of halogens is 7. The molecule has 0 spiro atoms. The second-order valence-electron chi connectivity index (χ2n) is 25.5. The number of aryl methyl sites for hydroxylation is 3. The van der Waals surface area contributed by atoms with Gasteiger partial charge in [0.2, 0.25) is 0 Å². The highest BCUT2D eigenvalue weighted by atomic mass is 79.9. The fourth-order valence-electron chi connectivity index (χ4n) is 11.8. The number of rotatable bonds is 13. The van der Waals surface area contributed by atoms with E-state index in [1.54, 1.807) is 132 Å². The quantitative estimate of drug-likeness (QED) is 0.0529. The average molecular weight is 1800 g/mol. The minimum Gasteiger partial charge on any atom is -0.423 e. The Hall–Kier alpha value is -11.3. The summed E-state index contributed by atoms with van der Waals surface area (Å²) in [5.41, 5.74) is 9.91. The first-order valence-electron chi connectivity index (χ1n) is 34.8. The van der Waals surface area contributed by atoms with Crippen LogP contribution in [0.4, 0.5) is 17.6 Å². The van der Waals surface area contributed by atoms with Gasteiger partial charge in [0.25, 0.3) is 30.1 Å². The number of nitrogens with zero attached hydrogens (tertiary/aromatic N) is 11. The lowest BCUT2D eigenvalue weighted by Gasteiger charge is -2.06. The van der Waals surface area contributed by atoms with Crippen LogP contribution in [0.1, 0.15) is 16.7 Å². The molecule has 0 atom stereocenters. The molecular weight excluding hydrogens is 1740 g/mol. The average Bonchev–Trinajstić information content (AvgIpc) is 1.60. The van der Waals surface area contributed by atoms with Gasteiger partial charge in [0.05, 0.1) is 52.0 Å². The van der Waals surface area contributed by atoms with Gasteiger partial charge in [0.1, 0.15) is 39.3 Å². The summed E-state index contributed by atoms with van der Waals surface area (Å²) in [4.78, 5) is 17.1. The SMILES string of the molecule is Cc1ccc(S(=O)(=O)n2nc(-c3ccccc3F)c3c(-c4ccsc4)ccnc32)cc1.Cc1ccc(S(=O)(=O)n2nc(-c3ccccc3F)c3c(Cl)ccnc32)cc1.Cc1ccc(S(=O)(=O)n2nc(Br)c3c(Cl)ccnc32)cc1.Fc1ccccc1-c1[nH]nc2nccc(-c3ccsc3)c12.OB(O)c1ccccc1F.OB(O)c1ccsc1. The van der Waals surface area contributed by atoms with Crippen LogP contribution in [0.5, 0.6) is 0 Å². The fourth-order valence-corrected chi connectivity index (χ4v) is 18.7. The molecule has 118 heavy (non-hydrogen) atoms. The number of hydrogen-bond donors (Lipinski definition) is 5. The van der Waals surface area contributed by atoms with Crippen molar-refractivity contribution in [1.82, 2.24) is 57.7 Å². The summed E-state index contributed by atoms with van der Waals surface area (Å²) in [6, 6.07) is 56.2. The van der Waals surface area contributed by atoms with Gasteiger partial charge in [-0.2, -0.15) is 74.6 Å². The molecule has 594 valence electrons. The normalized spacial score (nSPS) is 11.3. The van der Waals surface area contributed by atoms with Gasteiger partial charge in [0, 0.05) is 46.9 Å². The van der Waals surface area contributed by atoms with Gasteiger partial charge in [-0.15, -0.1) is 17.4 Å². The highest BCUT2D eigenvalue weighted by Gasteiger charge is 2.31. The van der Waals surface area contributed by atoms with Crippen molar-refractivity contribution in [2.24, 2.45) is 0 Å². The molecule has 0 radical (unpaired) electrons. The van der Waals surface area contributed by atoms with E-state index in [4.69, 9.17) is 43.3 Å². The van der Waals surface area contributed by atoms with Gasteiger partial charge >= 0.3 is 14.2 Å². The maximum absolute atomic E-state index is 14.7. The maximum atomic E-state index is 14.7. The van der Waals surface area contributed by atoms with Crippen LogP contribution in [0, 0.1) is 44.0 Å². The third kappa shape index (κ3) is 18.2. The predicted octanol–water partition coefficient (Wildman–Crippen LogP) is 16.8. The van der Waals surface area contributed by atoms with E-state index in [0.29, 0.717) is 42.8 Å². The minimum absolute atomic E-state index is 0.0429. The van der Waals surface area contributed by atoms with Crippen molar-refractivity contribution in [3.05, 3.63) is 324 Å². The van der Waals surface area contributed by atoms with Crippen LogP contribution in [0.3, 0.4) is 0 Å². The molecule has 0 aliphatic carbocycles. The summed E-state index contributed by atoms with van der Waals surface area (Å²) in [5.74, 6) is -1.89. The van der Waals surface area contributed by atoms with Crippen LogP contribution in [-0.2, 0) is 30.1 Å². The molecule has 18 rings (SSSR count). The molecule has 0 saturated heterocycles. The Bertz CT molecular complexity index is 6990. The van der Waals surface area contributed by atoms with Crippen molar-refractivity contribution in [2.75, 3.05) is 0 Å². The molecule has 37 heteroatoms.